The van der Waals surface area contributed by atoms with Crippen LogP contribution in [0.15, 0.2) is 72.8 Å². The van der Waals surface area contributed by atoms with Crippen LogP contribution in [0.3, 0.4) is 0 Å². The number of carboxylic acid groups (broad SMARTS) is 2. The van der Waals surface area contributed by atoms with Crippen LogP contribution in [0.2, 0.25) is 0 Å². The van der Waals surface area contributed by atoms with Gasteiger partial charge in [0.15, 0.2) is 0 Å². The molecule has 3 aliphatic rings. The number of halogens is 1. The van der Waals surface area contributed by atoms with Gasteiger partial charge in [-0.05, 0) is 104 Å². The Morgan fingerprint density at radius 2 is 1.05 bits per heavy atom. The predicted octanol–water partition coefficient (Wildman–Crippen LogP) is 7.34. The molecule has 6 rings (SSSR count). The summed E-state index contributed by atoms with van der Waals surface area (Å²) in [6.07, 6.45) is 0.337. The van der Waals surface area contributed by atoms with E-state index in [2.05, 4.69) is 4.90 Å². The predicted molar refractivity (Wildman–Crippen MR) is 247 cm³/mol. The number of nitrogens with zero attached hydrogens (tertiary/aromatic N) is 5. The number of rotatable bonds is 13. The van der Waals surface area contributed by atoms with Crippen molar-refractivity contribution in [1.29, 1.82) is 0 Å². The molecule has 3 fully saturated rings. The number of amides is 6. The van der Waals surface area contributed by atoms with Crippen LogP contribution in [0, 0.1) is 16.6 Å². The minimum absolute atomic E-state index is 0.0729. The molecule has 66 heavy (non-hydrogen) atoms. The fraction of sp³-hybridized carbons (Fsp3) is 0.520. The van der Waals surface area contributed by atoms with Crippen molar-refractivity contribution in [3.63, 3.8) is 0 Å². The molecule has 16 heteroatoms. The van der Waals surface area contributed by atoms with Gasteiger partial charge in [-0.15, -0.1) is 0 Å². The highest BCUT2D eigenvalue weighted by Gasteiger charge is 2.55. The first kappa shape index (κ1) is 49.2. The summed E-state index contributed by atoms with van der Waals surface area (Å²) in [5.41, 5.74) is 11.2. The number of carbonyl (C=O) groups is 6. The van der Waals surface area contributed by atoms with Crippen molar-refractivity contribution in [3.8, 4) is 0 Å². The molecule has 356 valence electrons. The number of anilines is 1. The molecule has 0 radical (unpaired) electrons. The van der Waals surface area contributed by atoms with Crippen LogP contribution in [0.4, 0.5) is 19.7 Å². The van der Waals surface area contributed by atoms with E-state index in [-0.39, 0.29) is 51.1 Å². The number of benzene rings is 3. The van der Waals surface area contributed by atoms with Crippen LogP contribution >= 0.6 is 0 Å². The first-order valence-corrected chi connectivity index (χ1v) is 22.9. The zero-order valence-corrected chi connectivity index (χ0v) is 39.4. The van der Waals surface area contributed by atoms with Gasteiger partial charge in [0.2, 0.25) is 23.6 Å². The summed E-state index contributed by atoms with van der Waals surface area (Å²) >= 11 is 0. The zero-order chi connectivity index (χ0) is 48.7. The van der Waals surface area contributed by atoms with E-state index in [1.807, 2.05) is 30.3 Å². The number of likely N-dealkylation sites (tertiary alicyclic amines) is 2. The molecule has 0 unspecified atom stereocenters. The third-order valence-corrected chi connectivity index (χ3v) is 14.1. The van der Waals surface area contributed by atoms with Crippen molar-refractivity contribution in [1.82, 2.24) is 19.6 Å². The van der Waals surface area contributed by atoms with E-state index in [9.17, 15) is 39.0 Å². The molecule has 0 saturated carbocycles. The van der Waals surface area contributed by atoms with Gasteiger partial charge >= 0.3 is 12.2 Å². The Kier molecular flexibility index (Phi) is 13.9. The van der Waals surface area contributed by atoms with E-state index in [4.69, 9.17) is 11.5 Å². The van der Waals surface area contributed by atoms with Crippen LogP contribution in [-0.4, -0.2) is 104 Å². The molecule has 6 amide bonds. The molecule has 0 spiro atoms. The topological polar surface area (TPSA) is 211 Å². The number of likely N-dealkylation sites (N-methyl/N-ethyl adjacent to an activating group) is 2. The first-order chi connectivity index (χ1) is 31.0. The van der Waals surface area contributed by atoms with E-state index < -0.39 is 75.6 Å². The average Bonchev–Trinajstić information content (AvgIpc) is 4.02. The Morgan fingerprint density at radius 1 is 0.667 bits per heavy atom. The third-order valence-electron chi connectivity index (χ3n) is 14.1. The fourth-order valence-electron chi connectivity index (χ4n) is 11.2. The standard InChI is InChI=1S/C50H66FN7O8/c1-9-54(45(63)64)39(47(3,4)5)41(59)56-28-12-26-49(56,43(52)61)33-20-16-31(17-21-33)37-24-25-38(58(37)36-15-11-14-35(51)30-36)32-18-22-34(23-19-32)50(44(53)62)27-13-29-57(50)42(60)40(48(6,7)8)55(10-2)46(65)66/h11,14-23,30,37-40H,9-10,12-13,24-29H2,1-8H3,(H2,52,61)(H2,53,62)(H,63,64)(H,65,66)/t37-,38-,39+,40+,49-,50-/m0/s1. The van der Waals surface area contributed by atoms with Gasteiger partial charge in [-0.2, -0.15) is 0 Å². The lowest BCUT2D eigenvalue weighted by Gasteiger charge is -2.44. The lowest BCUT2D eigenvalue weighted by Crippen LogP contribution is -2.62. The SMILES string of the molecule is CCN(C(=O)O)[C@H](C(=O)N1CCC[C@@]1(C(N)=O)c1ccc([C@@H]2CC[C@@H](c3ccc([C@]4(C(N)=O)CCCN4C(=O)[C@@H](N(CC)C(=O)O)C(C)(C)C)cc3)N2c2cccc(F)c2)cc1)C(C)(C)C. The quantitative estimate of drug-likeness (QED) is 0.135. The Hall–Kier alpha value is -6.19. The van der Waals surface area contributed by atoms with Crippen LogP contribution in [-0.2, 0) is 30.3 Å². The second-order valence-electron chi connectivity index (χ2n) is 20.1. The molecule has 3 aromatic rings. The molecule has 0 bridgehead atoms. The lowest BCUT2D eigenvalue weighted by molar-refractivity contribution is -0.150. The van der Waals surface area contributed by atoms with Crippen molar-refractivity contribution in [2.45, 2.75) is 129 Å². The van der Waals surface area contributed by atoms with Gasteiger partial charge in [0.25, 0.3) is 0 Å². The van der Waals surface area contributed by atoms with Crippen molar-refractivity contribution in [3.05, 3.63) is 101 Å². The Morgan fingerprint density at radius 3 is 1.35 bits per heavy atom. The number of hydrogen-bond donors (Lipinski definition) is 4. The molecule has 6 atom stereocenters. The Bertz CT molecular complexity index is 2190. The van der Waals surface area contributed by atoms with Crippen molar-refractivity contribution in [2.75, 3.05) is 31.1 Å². The van der Waals surface area contributed by atoms with Crippen LogP contribution in [0.5, 0.6) is 0 Å². The van der Waals surface area contributed by atoms with Gasteiger partial charge in [-0.1, -0.05) is 96.1 Å². The minimum Gasteiger partial charge on any atom is -0.465 e. The van der Waals surface area contributed by atoms with Crippen molar-refractivity contribution < 1.29 is 43.4 Å². The van der Waals surface area contributed by atoms with Gasteiger partial charge in [-0.25, -0.2) is 14.0 Å². The average molecular weight is 912 g/mol. The highest BCUT2D eigenvalue weighted by molar-refractivity contribution is 5.96. The molecule has 0 aromatic heterocycles. The molecule has 15 nitrogen and oxygen atoms in total. The monoisotopic (exact) mass is 911 g/mol. The molecule has 3 heterocycles. The summed E-state index contributed by atoms with van der Waals surface area (Å²) in [7, 11) is 0. The molecular weight excluding hydrogens is 846 g/mol. The highest BCUT2D eigenvalue weighted by Crippen LogP contribution is 2.49. The first-order valence-electron chi connectivity index (χ1n) is 22.9. The molecule has 3 aromatic carbocycles. The van der Waals surface area contributed by atoms with Gasteiger partial charge in [0.05, 0.1) is 12.1 Å². The Balaban J connectivity index is 1.35. The summed E-state index contributed by atoms with van der Waals surface area (Å²) in [6, 6.07) is 18.5. The van der Waals surface area contributed by atoms with Gasteiger partial charge < -0.3 is 36.4 Å². The summed E-state index contributed by atoms with van der Waals surface area (Å²) in [6.45, 7) is 14.7. The van der Waals surface area contributed by atoms with Crippen LogP contribution in [0.25, 0.3) is 0 Å². The molecule has 3 saturated heterocycles. The van der Waals surface area contributed by atoms with E-state index in [1.165, 1.54) is 21.9 Å². The van der Waals surface area contributed by atoms with E-state index in [0.29, 0.717) is 42.5 Å². The van der Waals surface area contributed by atoms with E-state index >= 15 is 4.39 Å². The number of nitrogens with two attached hydrogens (primary N) is 2. The summed E-state index contributed by atoms with van der Waals surface area (Å²) in [5.74, 6) is -2.81. The van der Waals surface area contributed by atoms with E-state index in [1.54, 1.807) is 85.7 Å². The Labute approximate surface area is 386 Å². The van der Waals surface area contributed by atoms with Gasteiger partial charge in [-0.3, -0.25) is 29.0 Å². The summed E-state index contributed by atoms with van der Waals surface area (Å²) in [4.78, 5) is 88.2. The summed E-state index contributed by atoms with van der Waals surface area (Å²) in [5, 5.41) is 20.2. The largest absolute Gasteiger partial charge is 0.465 e. The molecule has 6 N–H and O–H groups in total. The van der Waals surface area contributed by atoms with Gasteiger partial charge in [0, 0.05) is 31.9 Å². The maximum atomic E-state index is 15.0. The van der Waals surface area contributed by atoms with Crippen molar-refractivity contribution in [2.24, 2.45) is 22.3 Å². The normalized spacial score (nSPS) is 23.1. The molecule has 0 aliphatic carbocycles. The maximum absolute atomic E-state index is 15.0. The zero-order valence-electron chi connectivity index (χ0n) is 39.4. The minimum atomic E-state index is -1.51. The summed E-state index contributed by atoms with van der Waals surface area (Å²) < 4.78 is 15.0. The second-order valence-corrected chi connectivity index (χ2v) is 20.1. The fourth-order valence-corrected chi connectivity index (χ4v) is 11.2. The second kappa shape index (κ2) is 18.6. The van der Waals surface area contributed by atoms with E-state index in [0.717, 1.165) is 20.9 Å². The highest BCUT2D eigenvalue weighted by atomic mass is 19.1. The van der Waals surface area contributed by atoms with Gasteiger partial charge in [0.1, 0.15) is 29.0 Å². The maximum Gasteiger partial charge on any atom is 0.407 e. The molecular formula is C50H66FN7O8. The lowest BCUT2D eigenvalue weighted by atomic mass is 9.81. The third kappa shape index (κ3) is 8.66. The van der Waals surface area contributed by atoms with Crippen molar-refractivity contribution >= 4 is 41.5 Å². The van der Waals surface area contributed by atoms with Crippen LogP contribution in [0.1, 0.15) is 128 Å². The number of carbonyl (C=O) groups excluding carboxylic acids is 4. The number of hydrogen-bond acceptors (Lipinski definition) is 7. The smallest absolute Gasteiger partial charge is 0.407 e. The van der Waals surface area contributed by atoms with Crippen LogP contribution < -0.4 is 16.4 Å². The number of primary amides is 2. The molecule has 3 aliphatic heterocycles.